The van der Waals surface area contributed by atoms with Gasteiger partial charge in [-0.25, -0.2) is 0 Å². The molecule has 0 fully saturated rings. The molecule has 49 valence electrons. The maximum absolute atomic E-state index is 4.24. The third-order valence-corrected chi connectivity index (χ3v) is 2.28. The third-order valence-electron chi connectivity index (χ3n) is 1.50. The van der Waals surface area contributed by atoms with Crippen molar-refractivity contribution in [2.24, 2.45) is 0 Å². The average molecular weight is 148 g/mol. The molecule has 0 aliphatic carbocycles. The molecule has 2 aromatic rings. The molecule has 1 radical (unpaired) electrons. The highest BCUT2D eigenvalue weighted by Crippen LogP contribution is 2.19. The maximum atomic E-state index is 4.24. The minimum Gasteiger partial charge on any atom is -0.192 e. The third kappa shape index (κ3) is 0.727. The second kappa shape index (κ2) is 2.06. The quantitative estimate of drug-likeness (QED) is 0.559. The molecule has 0 aliphatic heterocycles. The Bertz CT molecular complexity index is 351. The summed E-state index contributed by atoms with van der Waals surface area (Å²) in [5, 5.41) is 1.23. The summed E-state index contributed by atoms with van der Waals surface area (Å²) in [7, 11) is 0. The van der Waals surface area contributed by atoms with Crippen LogP contribution in [0.25, 0.3) is 10.9 Å². The van der Waals surface area contributed by atoms with Gasteiger partial charge in [-0.15, -0.1) is 0 Å². The van der Waals surface area contributed by atoms with Gasteiger partial charge in [0, 0.05) is 10.3 Å². The molecule has 0 N–H and O–H groups in total. The van der Waals surface area contributed by atoms with Gasteiger partial charge in [0.05, 0.1) is 5.52 Å². The first-order chi connectivity index (χ1) is 4.88. The molecule has 1 heterocycles. The van der Waals surface area contributed by atoms with Crippen LogP contribution in [0.2, 0.25) is 0 Å². The summed E-state index contributed by atoms with van der Waals surface area (Å²) >= 11 is 1.55. The summed E-state index contributed by atoms with van der Waals surface area (Å²) in [5.41, 5.74) is 1.08. The van der Waals surface area contributed by atoms with Crippen LogP contribution in [-0.4, -0.2) is 4.37 Å². The van der Waals surface area contributed by atoms with Crippen molar-refractivity contribution in [3.8, 4) is 0 Å². The van der Waals surface area contributed by atoms with Crippen molar-refractivity contribution in [2.75, 3.05) is 0 Å². The van der Waals surface area contributed by atoms with E-state index in [-0.39, 0.29) is 0 Å². The predicted molar refractivity (Wildman–Crippen MR) is 43.2 cm³/mol. The molecule has 0 aliphatic rings. The molecule has 1 aromatic heterocycles. The lowest BCUT2D eigenvalue weighted by Gasteiger charge is -1.84. The summed E-state index contributed by atoms with van der Waals surface area (Å²) in [6.45, 7) is 2.08. The Labute approximate surface area is 63.5 Å². The van der Waals surface area contributed by atoms with Gasteiger partial charge < -0.3 is 0 Å². The topological polar surface area (TPSA) is 12.9 Å². The largest absolute Gasteiger partial charge is 0.192 e. The highest BCUT2D eigenvalue weighted by Gasteiger charge is 1.97. The van der Waals surface area contributed by atoms with E-state index in [2.05, 4.69) is 17.4 Å². The lowest BCUT2D eigenvalue weighted by molar-refractivity contribution is 1.65. The minimum absolute atomic E-state index is 1.08. The van der Waals surface area contributed by atoms with Crippen molar-refractivity contribution < 1.29 is 0 Å². The van der Waals surface area contributed by atoms with E-state index in [9.17, 15) is 0 Å². The number of aryl methyl sites for hydroxylation is 1. The van der Waals surface area contributed by atoms with Crippen LogP contribution >= 0.6 is 11.5 Å². The minimum atomic E-state index is 1.08. The number of rotatable bonds is 0. The fraction of sp³-hybridized carbons (Fsp3) is 0.125. The molecule has 1 nitrogen and oxygen atoms in total. The van der Waals surface area contributed by atoms with E-state index in [1.165, 1.54) is 10.3 Å². The van der Waals surface area contributed by atoms with Crippen LogP contribution in [0.4, 0.5) is 0 Å². The molecule has 0 saturated heterocycles. The molecule has 0 spiro atoms. The Balaban J connectivity index is 2.93. The molecule has 0 atom stereocenters. The van der Waals surface area contributed by atoms with Gasteiger partial charge in [0.2, 0.25) is 0 Å². The number of hydrogen-bond acceptors (Lipinski definition) is 2. The van der Waals surface area contributed by atoms with Crippen molar-refractivity contribution in [1.82, 2.24) is 4.37 Å². The van der Waals surface area contributed by atoms with E-state index in [4.69, 9.17) is 0 Å². The van der Waals surface area contributed by atoms with E-state index >= 15 is 0 Å². The molecule has 0 unspecified atom stereocenters. The predicted octanol–water partition coefficient (Wildman–Crippen LogP) is 2.40. The lowest BCUT2D eigenvalue weighted by Crippen LogP contribution is -1.65. The molecular weight excluding hydrogens is 142 g/mol. The lowest BCUT2D eigenvalue weighted by atomic mass is 10.2. The van der Waals surface area contributed by atoms with Gasteiger partial charge in [-0.3, -0.25) is 0 Å². The number of benzene rings is 1. The number of nitrogens with zero attached hydrogens (tertiary/aromatic N) is 1. The van der Waals surface area contributed by atoms with E-state index in [0.29, 0.717) is 0 Å². The van der Waals surface area contributed by atoms with Crippen molar-refractivity contribution in [3.05, 3.63) is 29.1 Å². The first kappa shape index (κ1) is 5.86. The summed E-state index contributed by atoms with van der Waals surface area (Å²) in [6.07, 6.45) is 0. The van der Waals surface area contributed by atoms with Gasteiger partial charge in [-0.2, -0.15) is 4.37 Å². The van der Waals surface area contributed by atoms with Crippen molar-refractivity contribution in [3.63, 3.8) is 0 Å². The average Bonchev–Trinajstić information content (AvgIpc) is 2.34. The molecule has 0 bridgehead atoms. The Morgan fingerprint density at radius 3 is 3.30 bits per heavy atom. The van der Waals surface area contributed by atoms with Crippen molar-refractivity contribution in [1.29, 1.82) is 0 Å². The van der Waals surface area contributed by atoms with Gasteiger partial charge >= 0.3 is 0 Å². The fourth-order valence-corrected chi connectivity index (χ4v) is 1.61. The molecule has 2 rings (SSSR count). The SMILES string of the molecule is Cc1snc2cc[c]cc12. The molecule has 10 heavy (non-hydrogen) atoms. The smallest absolute Gasteiger partial charge is 0.0843 e. The van der Waals surface area contributed by atoms with Gasteiger partial charge in [-0.1, -0.05) is 6.07 Å². The normalized spacial score (nSPS) is 10.5. The molecular formula is C8H6NS. The molecule has 0 amide bonds. The van der Waals surface area contributed by atoms with Crippen molar-refractivity contribution >= 4 is 22.4 Å². The van der Waals surface area contributed by atoms with Crippen LogP contribution in [0.15, 0.2) is 18.2 Å². The van der Waals surface area contributed by atoms with Gasteiger partial charge in [-0.05, 0) is 36.7 Å². The number of hydrogen-bond donors (Lipinski definition) is 0. The highest BCUT2D eigenvalue weighted by atomic mass is 32.1. The Hall–Kier alpha value is -0.890. The fourth-order valence-electron chi connectivity index (χ4n) is 0.951. The van der Waals surface area contributed by atoms with Crippen LogP contribution < -0.4 is 0 Å². The van der Waals surface area contributed by atoms with E-state index in [1.54, 1.807) is 11.5 Å². The second-order valence-electron chi connectivity index (χ2n) is 2.18. The van der Waals surface area contributed by atoms with Gasteiger partial charge in [0.15, 0.2) is 0 Å². The van der Waals surface area contributed by atoms with Crippen molar-refractivity contribution in [2.45, 2.75) is 6.92 Å². The second-order valence-corrected chi connectivity index (χ2v) is 3.16. The van der Waals surface area contributed by atoms with Crippen LogP contribution in [-0.2, 0) is 0 Å². The van der Waals surface area contributed by atoms with E-state index in [1.807, 2.05) is 18.2 Å². The number of fused-ring (bicyclic) bond motifs is 1. The Morgan fingerprint density at radius 1 is 1.60 bits per heavy atom. The molecule has 1 aromatic carbocycles. The van der Waals surface area contributed by atoms with Gasteiger partial charge in [0.1, 0.15) is 0 Å². The Kier molecular flexibility index (Phi) is 1.21. The number of aromatic nitrogens is 1. The first-order valence-electron chi connectivity index (χ1n) is 3.10. The van der Waals surface area contributed by atoms with Crippen LogP contribution in [0.5, 0.6) is 0 Å². The van der Waals surface area contributed by atoms with Crippen LogP contribution in [0.3, 0.4) is 0 Å². The zero-order valence-electron chi connectivity index (χ0n) is 5.59. The summed E-state index contributed by atoms with van der Waals surface area (Å²) < 4.78 is 4.24. The van der Waals surface area contributed by atoms with E-state index < -0.39 is 0 Å². The maximum Gasteiger partial charge on any atom is 0.0843 e. The summed E-state index contributed by atoms with van der Waals surface area (Å²) in [6, 6.07) is 8.88. The Morgan fingerprint density at radius 2 is 2.50 bits per heavy atom. The molecule has 0 saturated carbocycles. The first-order valence-corrected chi connectivity index (χ1v) is 3.87. The zero-order chi connectivity index (χ0) is 6.97. The standard InChI is InChI=1S/C8H6NS/c1-6-7-4-2-3-5-8(7)9-10-6/h3-5H,1H3. The zero-order valence-corrected chi connectivity index (χ0v) is 6.40. The van der Waals surface area contributed by atoms with E-state index in [0.717, 1.165) is 5.52 Å². The van der Waals surface area contributed by atoms with Crippen LogP contribution in [0.1, 0.15) is 4.88 Å². The highest BCUT2D eigenvalue weighted by molar-refractivity contribution is 7.07. The van der Waals surface area contributed by atoms with Crippen LogP contribution in [0, 0.1) is 13.0 Å². The summed E-state index contributed by atoms with van der Waals surface area (Å²) in [4.78, 5) is 1.27. The molecule has 2 heteroatoms. The van der Waals surface area contributed by atoms with Gasteiger partial charge in [0.25, 0.3) is 0 Å². The monoisotopic (exact) mass is 148 g/mol. The summed E-state index contributed by atoms with van der Waals surface area (Å²) in [5.74, 6) is 0.